The van der Waals surface area contributed by atoms with Crippen molar-refractivity contribution < 1.29 is 9.18 Å². The van der Waals surface area contributed by atoms with Crippen molar-refractivity contribution in [1.29, 1.82) is 0 Å². The largest absolute Gasteiger partial charge is 0.288 e. The molecule has 2 aromatic heterocycles. The van der Waals surface area contributed by atoms with Gasteiger partial charge in [-0.1, -0.05) is 12.1 Å². The van der Waals surface area contributed by atoms with Crippen molar-refractivity contribution in [3.8, 4) is 0 Å². The van der Waals surface area contributed by atoms with E-state index in [1.54, 1.807) is 30.8 Å². The summed E-state index contributed by atoms with van der Waals surface area (Å²) in [5, 5.41) is 11.0. The number of aromatic nitrogens is 5. The summed E-state index contributed by atoms with van der Waals surface area (Å²) in [6, 6.07) is 6.12. The van der Waals surface area contributed by atoms with Gasteiger partial charge < -0.3 is 0 Å². The first-order valence-corrected chi connectivity index (χ1v) is 7.87. The minimum absolute atomic E-state index is 0.188. The molecular weight excluding hydrogens is 379 g/mol. The third kappa shape index (κ3) is 3.35. The highest BCUT2D eigenvalue weighted by Gasteiger charge is 2.19. The minimum atomic E-state index is -0.357. The van der Waals surface area contributed by atoms with Gasteiger partial charge in [0.15, 0.2) is 0 Å². The Hall–Kier alpha value is -2.55. The SMILES string of the molecule is Cc1nn(C)c(C(=O)Nc2ncn(Cc3ccc(F)cc3)n2)c1Br. The van der Waals surface area contributed by atoms with Crippen LogP contribution in [0.5, 0.6) is 0 Å². The molecule has 0 unspecified atom stereocenters. The molecule has 9 heteroatoms. The summed E-state index contributed by atoms with van der Waals surface area (Å²) >= 11 is 3.35. The monoisotopic (exact) mass is 392 g/mol. The molecule has 1 N–H and O–H groups in total. The molecule has 0 atom stereocenters. The van der Waals surface area contributed by atoms with Crippen LogP contribution in [0.15, 0.2) is 35.1 Å². The average Bonchev–Trinajstić information content (AvgIpc) is 3.06. The number of nitrogens with zero attached hydrogens (tertiary/aromatic N) is 5. The van der Waals surface area contributed by atoms with Crippen molar-refractivity contribution in [3.63, 3.8) is 0 Å². The first-order valence-electron chi connectivity index (χ1n) is 7.08. The van der Waals surface area contributed by atoms with Crippen LogP contribution in [0, 0.1) is 12.7 Å². The lowest BCUT2D eigenvalue weighted by Gasteiger charge is -2.03. The van der Waals surface area contributed by atoms with Gasteiger partial charge in [0.1, 0.15) is 17.8 Å². The van der Waals surface area contributed by atoms with Crippen LogP contribution < -0.4 is 5.32 Å². The number of nitrogens with one attached hydrogen (secondary N) is 1. The van der Waals surface area contributed by atoms with Crippen LogP contribution >= 0.6 is 15.9 Å². The second-order valence-corrected chi connectivity index (χ2v) is 6.01. The predicted octanol–water partition coefficient (Wildman–Crippen LogP) is 2.52. The Bertz CT molecular complexity index is 886. The topological polar surface area (TPSA) is 77.6 Å². The van der Waals surface area contributed by atoms with Crippen molar-refractivity contribution in [3.05, 3.63) is 57.8 Å². The van der Waals surface area contributed by atoms with Crippen LogP contribution in [0.2, 0.25) is 0 Å². The van der Waals surface area contributed by atoms with Gasteiger partial charge in [0.25, 0.3) is 5.91 Å². The molecule has 3 rings (SSSR count). The molecule has 0 radical (unpaired) electrons. The summed E-state index contributed by atoms with van der Waals surface area (Å²) in [6.45, 7) is 2.23. The zero-order valence-electron chi connectivity index (χ0n) is 13.0. The highest BCUT2D eigenvalue weighted by atomic mass is 79.9. The lowest BCUT2D eigenvalue weighted by Crippen LogP contribution is -2.17. The molecule has 0 fully saturated rings. The van der Waals surface area contributed by atoms with E-state index in [9.17, 15) is 9.18 Å². The Morgan fingerprint density at radius 2 is 2.00 bits per heavy atom. The van der Waals surface area contributed by atoms with E-state index in [0.717, 1.165) is 11.3 Å². The maximum atomic E-state index is 12.9. The zero-order valence-corrected chi connectivity index (χ0v) is 14.6. The first-order chi connectivity index (χ1) is 11.4. The third-order valence-electron chi connectivity index (χ3n) is 3.38. The number of carbonyl (C=O) groups is 1. The summed E-state index contributed by atoms with van der Waals surface area (Å²) in [6.07, 6.45) is 1.50. The highest BCUT2D eigenvalue weighted by Crippen LogP contribution is 2.20. The van der Waals surface area contributed by atoms with E-state index in [4.69, 9.17) is 0 Å². The van der Waals surface area contributed by atoms with Crippen molar-refractivity contribution in [2.75, 3.05) is 5.32 Å². The fraction of sp³-hybridized carbons (Fsp3) is 0.200. The Balaban J connectivity index is 1.71. The van der Waals surface area contributed by atoms with Crippen molar-refractivity contribution in [2.45, 2.75) is 13.5 Å². The molecule has 1 amide bonds. The lowest BCUT2D eigenvalue weighted by atomic mass is 10.2. The van der Waals surface area contributed by atoms with E-state index in [0.29, 0.717) is 16.7 Å². The predicted molar refractivity (Wildman–Crippen MR) is 89.1 cm³/mol. The summed E-state index contributed by atoms with van der Waals surface area (Å²) < 4.78 is 16.6. The van der Waals surface area contributed by atoms with Gasteiger partial charge in [-0.15, -0.1) is 5.10 Å². The number of amides is 1. The number of benzene rings is 1. The molecule has 124 valence electrons. The number of rotatable bonds is 4. The second kappa shape index (κ2) is 6.52. The molecule has 0 spiro atoms. The molecule has 0 aliphatic carbocycles. The number of halogens is 2. The van der Waals surface area contributed by atoms with Crippen LogP contribution in [0.3, 0.4) is 0 Å². The number of aryl methyl sites for hydroxylation is 2. The molecule has 1 aromatic carbocycles. The molecule has 7 nitrogen and oxygen atoms in total. The zero-order chi connectivity index (χ0) is 17.3. The molecule has 0 saturated carbocycles. The fourth-order valence-electron chi connectivity index (χ4n) is 2.24. The van der Waals surface area contributed by atoms with E-state index < -0.39 is 0 Å². The Morgan fingerprint density at radius 3 is 2.62 bits per heavy atom. The number of carbonyl (C=O) groups excluding carboxylic acids is 1. The normalized spacial score (nSPS) is 10.8. The third-order valence-corrected chi connectivity index (χ3v) is 4.33. The standard InChI is InChI=1S/C15H14BrFN6O/c1-9-12(16)13(22(2)20-9)14(24)19-15-18-8-23(21-15)7-10-3-5-11(17)6-4-10/h3-6,8H,7H2,1-2H3,(H,19,21,24). The molecule has 2 heterocycles. The number of anilines is 1. The van der Waals surface area contributed by atoms with Crippen molar-refractivity contribution >= 4 is 27.8 Å². The van der Waals surface area contributed by atoms with Crippen LogP contribution in [0.1, 0.15) is 21.7 Å². The van der Waals surface area contributed by atoms with Gasteiger partial charge in [0.2, 0.25) is 5.95 Å². The molecule has 24 heavy (non-hydrogen) atoms. The van der Waals surface area contributed by atoms with E-state index in [1.165, 1.54) is 23.1 Å². The van der Waals surface area contributed by atoms with E-state index in [1.807, 2.05) is 0 Å². The molecular formula is C15H14BrFN6O. The first kappa shape index (κ1) is 16.3. The van der Waals surface area contributed by atoms with Gasteiger partial charge in [-0.2, -0.15) is 5.10 Å². The maximum Gasteiger partial charge on any atom is 0.277 e. The van der Waals surface area contributed by atoms with Crippen LogP contribution in [-0.4, -0.2) is 30.5 Å². The quantitative estimate of drug-likeness (QED) is 0.739. The molecule has 3 aromatic rings. The Kier molecular flexibility index (Phi) is 4.43. The van der Waals surface area contributed by atoms with Crippen LogP contribution in [0.25, 0.3) is 0 Å². The van der Waals surface area contributed by atoms with Crippen molar-refractivity contribution in [1.82, 2.24) is 24.5 Å². The number of hydrogen-bond acceptors (Lipinski definition) is 4. The fourth-order valence-corrected chi connectivity index (χ4v) is 2.76. The Morgan fingerprint density at radius 1 is 1.29 bits per heavy atom. The van der Waals surface area contributed by atoms with E-state index in [2.05, 4.69) is 36.4 Å². The smallest absolute Gasteiger partial charge is 0.277 e. The van der Waals surface area contributed by atoms with E-state index in [-0.39, 0.29) is 17.7 Å². The molecule has 0 saturated heterocycles. The number of hydrogen-bond donors (Lipinski definition) is 1. The summed E-state index contributed by atoms with van der Waals surface area (Å²) in [5.74, 6) is -0.459. The van der Waals surface area contributed by atoms with Gasteiger partial charge in [0, 0.05) is 7.05 Å². The van der Waals surface area contributed by atoms with E-state index >= 15 is 0 Å². The van der Waals surface area contributed by atoms with Gasteiger partial charge >= 0.3 is 0 Å². The van der Waals surface area contributed by atoms with Gasteiger partial charge in [-0.3, -0.25) is 14.8 Å². The summed E-state index contributed by atoms with van der Waals surface area (Å²) in [4.78, 5) is 16.4. The van der Waals surface area contributed by atoms with Crippen LogP contribution in [0.4, 0.5) is 10.3 Å². The van der Waals surface area contributed by atoms with Crippen LogP contribution in [-0.2, 0) is 13.6 Å². The Labute approximate surface area is 145 Å². The molecule has 0 aliphatic heterocycles. The maximum absolute atomic E-state index is 12.9. The highest BCUT2D eigenvalue weighted by molar-refractivity contribution is 9.10. The van der Waals surface area contributed by atoms with Gasteiger partial charge in [-0.05, 0) is 40.5 Å². The second-order valence-electron chi connectivity index (χ2n) is 5.22. The lowest BCUT2D eigenvalue weighted by molar-refractivity contribution is 0.101. The average molecular weight is 393 g/mol. The minimum Gasteiger partial charge on any atom is -0.288 e. The van der Waals surface area contributed by atoms with Gasteiger partial charge in [0.05, 0.1) is 16.7 Å². The summed E-state index contributed by atoms with van der Waals surface area (Å²) in [5.41, 5.74) is 1.99. The van der Waals surface area contributed by atoms with Crippen molar-refractivity contribution in [2.24, 2.45) is 7.05 Å². The van der Waals surface area contributed by atoms with Gasteiger partial charge in [-0.25, -0.2) is 14.1 Å². The molecule has 0 bridgehead atoms. The molecule has 0 aliphatic rings. The summed E-state index contributed by atoms with van der Waals surface area (Å²) in [7, 11) is 1.69.